The molecule has 0 aliphatic rings. The van der Waals surface area contributed by atoms with Crippen LogP contribution in [0.2, 0.25) is 0 Å². The van der Waals surface area contributed by atoms with Crippen molar-refractivity contribution >= 4 is 5.69 Å². The van der Waals surface area contributed by atoms with E-state index < -0.39 is 45.3 Å². The SMILES string of the molecule is O=[N+]([O-])c1cccc(C(O)(c2ccccc2C(F)(F)F)C(F)(F)F)c1. The van der Waals surface area contributed by atoms with E-state index in [4.69, 9.17) is 0 Å². The zero-order valence-corrected chi connectivity index (χ0v) is 12.1. The van der Waals surface area contributed by atoms with Gasteiger partial charge in [0.1, 0.15) is 0 Å². The lowest BCUT2D eigenvalue weighted by Crippen LogP contribution is -2.44. The van der Waals surface area contributed by atoms with Crippen molar-refractivity contribution in [3.05, 3.63) is 75.3 Å². The maximum Gasteiger partial charge on any atom is 0.425 e. The first-order valence-electron chi connectivity index (χ1n) is 6.59. The van der Waals surface area contributed by atoms with Gasteiger partial charge in [-0.3, -0.25) is 10.1 Å². The molecule has 2 aromatic carbocycles. The predicted molar refractivity (Wildman–Crippen MR) is 73.6 cm³/mol. The first kappa shape index (κ1) is 18.7. The Morgan fingerprint density at radius 3 is 1.92 bits per heavy atom. The molecule has 25 heavy (non-hydrogen) atoms. The van der Waals surface area contributed by atoms with Gasteiger partial charge in [0.15, 0.2) is 0 Å². The smallest absolute Gasteiger partial charge is 0.372 e. The monoisotopic (exact) mass is 365 g/mol. The van der Waals surface area contributed by atoms with Gasteiger partial charge in [0.25, 0.3) is 5.69 Å². The van der Waals surface area contributed by atoms with E-state index in [9.17, 15) is 41.6 Å². The lowest BCUT2D eigenvalue weighted by Gasteiger charge is -2.33. The Morgan fingerprint density at radius 2 is 1.44 bits per heavy atom. The van der Waals surface area contributed by atoms with E-state index >= 15 is 0 Å². The maximum atomic E-state index is 13.6. The third-order valence-electron chi connectivity index (χ3n) is 3.51. The average molecular weight is 365 g/mol. The van der Waals surface area contributed by atoms with Crippen LogP contribution in [0.5, 0.6) is 0 Å². The van der Waals surface area contributed by atoms with Crippen LogP contribution in [-0.4, -0.2) is 16.2 Å². The highest BCUT2D eigenvalue weighted by Crippen LogP contribution is 2.48. The highest BCUT2D eigenvalue weighted by atomic mass is 19.4. The highest BCUT2D eigenvalue weighted by molar-refractivity contribution is 5.47. The van der Waals surface area contributed by atoms with Crippen molar-refractivity contribution in [1.82, 2.24) is 0 Å². The van der Waals surface area contributed by atoms with Crippen molar-refractivity contribution in [2.24, 2.45) is 0 Å². The molecule has 4 nitrogen and oxygen atoms in total. The minimum absolute atomic E-state index is 0.390. The summed E-state index contributed by atoms with van der Waals surface area (Å²) in [7, 11) is 0. The van der Waals surface area contributed by atoms with Gasteiger partial charge in [-0.05, 0) is 6.07 Å². The minimum atomic E-state index is -5.57. The molecule has 0 aliphatic carbocycles. The second-order valence-corrected chi connectivity index (χ2v) is 5.06. The molecule has 10 heteroatoms. The predicted octanol–water partition coefficient (Wildman–Crippen LogP) is 4.41. The molecule has 0 spiro atoms. The van der Waals surface area contributed by atoms with Gasteiger partial charge in [-0.15, -0.1) is 0 Å². The zero-order valence-electron chi connectivity index (χ0n) is 12.1. The van der Waals surface area contributed by atoms with Gasteiger partial charge in [-0.1, -0.05) is 30.3 Å². The molecule has 0 amide bonds. The number of hydrogen-bond acceptors (Lipinski definition) is 3. The number of non-ortho nitro benzene ring substituents is 1. The Kier molecular flexibility index (Phi) is 4.51. The number of halogens is 6. The van der Waals surface area contributed by atoms with Gasteiger partial charge in [0.2, 0.25) is 5.60 Å². The van der Waals surface area contributed by atoms with Crippen molar-refractivity contribution in [1.29, 1.82) is 0 Å². The summed E-state index contributed by atoms with van der Waals surface area (Å²) in [5, 5.41) is 21.0. The number of nitro benzene ring substituents is 1. The van der Waals surface area contributed by atoms with Crippen molar-refractivity contribution in [3.63, 3.8) is 0 Å². The Bertz CT molecular complexity index is 802. The summed E-state index contributed by atoms with van der Waals surface area (Å²) in [5.74, 6) is 0. The van der Waals surface area contributed by atoms with Crippen LogP contribution in [0.15, 0.2) is 48.5 Å². The molecule has 1 atom stereocenters. The Labute approximate surface area is 136 Å². The van der Waals surface area contributed by atoms with E-state index in [-0.39, 0.29) is 0 Å². The molecule has 0 aromatic heterocycles. The van der Waals surface area contributed by atoms with Crippen LogP contribution in [0.1, 0.15) is 16.7 Å². The van der Waals surface area contributed by atoms with E-state index in [0.29, 0.717) is 24.3 Å². The lowest BCUT2D eigenvalue weighted by atomic mass is 9.82. The fourth-order valence-electron chi connectivity index (χ4n) is 2.36. The first-order valence-corrected chi connectivity index (χ1v) is 6.59. The number of alkyl halides is 6. The van der Waals surface area contributed by atoms with Gasteiger partial charge < -0.3 is 5.11 Å². The quantitative estimate of drug-likeness (QED) is 0.498. The van der Waals surface area contributed by atoms with E-state index in [1.807, 2.05) is 0 Å². The summed E-state index contributed by atoms with van der Waals surface area (Å²) in [4.78, 5) is 9.74. The Hall–Kier alpha value is -2.62. The molecule has 0 heterocycles. The second kappa shape index (κ2) is 6.03. The van der Waals surface area contributed by atoms with Crippen LogP contribution < -0.4 is 0 Å². The van der Waals surface area contributed by atoms with Crippen molar-refractivity contribution in [3.8, 4) is 0 Å². The van der Waals surface area contributed by atoms with E-state index in [1.165, 1.54) is 0 Å². The van der Waals surface area contributed by atoms with E-state index in [0.717, 1.165) is 24.3 Å². The van der Waals surface area contributed by atoms with Crippen LogP contribution in [-0.2, 0) is 11.8 Å². The topological polar surface area (TPSA) is 63.4 Å². The number of hydrogen-bond donors (Lipinski definition) is 1. The summed E-state index contributed by atoms with van der Waals surface area (Å²) in [5.41, 5.74) is -9.13. The van der Waals surface area contributed by atoms with Gasteiger partial charge in [0, 0.05) is 23.3 Å². The standard InChI is InChI=1S/C15H9F6NO3/c16-14(17,18)12-7-2-1-6-11(12)13(23,15(19,20)21)9-4-3-5-10(8-9)22(24)25/h1-8,23H. The molecule has 0 aliphatic heterocycles. The van der Waals surface area contributed by atoms with Crippen LogP contribution in [0, 0.1) is 10.1 Å². The number of rotatable bonds is 3. The molecule has 2 rings (SSSR count). The molecular weight excluding hydrogens is 356 g/mol. The molecule has 1 N–H and O–H groups in total. The first-order chi connectivity index (χ1) is 11.4. The summed E-state index contributed by atoms with van der Waals surface area (Å²) in [6.45, 7) is 0. The van der Waals surface area contributed by atoms with Crippen molar-refractivity contribution in [2.75, 3.05) is 0 Å². The van der Waals surface area contributed by atoms with Crippen molar-refractivity contribution in [2.45, 2.75) is 18.0 Å². The van der Waals surface area contributed by atoms with Gasteiger partial charge in [-0.2, -0.15) is 26.3 Å². The summed E-state index contributed by atoms with van der Waals surface area (Å²) in [6, 6.07) is 5.42. The van der Waals surface area contributed by atoms with Crippen LogP contribution in [0.3, 0.4) is 0 Å². The molecule has 0 saturated carbocycles. The van der Waals surface area contributed by atoms with Crippen LogP contribution in [0.25, 0.3) is 0 Å². The Balaban J connectivity index is 2.83. The number of nitrogens with zero attached hydrogens (tertiary/aromatic N) is 1. The van der Waals surface area contributed by atoms with Gasteiger partial charge in [0.05, 0.1) is 10.5 Å². The highest BCUT2D eigenvalue weighted by Gasteiger charge is 2.59. The normalized spacial score (nSPS) is 14.8. The van der Waals surface area contributed by atoms with Crippen LogP contribution >= 0.6 is 0 Å². The largest absolute Gasteiger partial charge is 0.425 e. The fourth-order valence-corrected chi connectivity index (χ4v) is 2.36. The molecule has 0 radical (unpaired) electrons. The summed E-state index contributed by atoms with van der Waals surface area (Å²) < 4.78 is 80.1. The molecule has 2 aromatic rings. The molecule has 0 saturated heterocycles. The third-order valence-corrected chi connectivity index (χ3v) is 3.51. The number of nitro groups is 1. The molecule has 1 unspecified atom stereocenters. The number of aliphatic hydroxyl groups is 1. The van der Waals surface area contributed by atoms with E-state index in [1.54, 1.807) is 0 Å². The molecule has 134 valence electrons. The number of benzene rings is 2. The summed E-state index contributed by atoms with van der Waals surface area (Å²) in [6.07, 6.45) is -10.7. The van der Waals surface area contributed by atoms with Crippen LogP contribution in [0.4, 0.5) is 32.0 Å². The maximum absolute atomic E-state index is 13.6. The van der Waals surface area contributed by atoms with Crippen molar-refractivity contribution < 1.29 is 36.4 Å². The average Bonchev–Trinajstić information content (AvgIpc) is 2.52. The minimum Gasteiger partial charge on any atom is -0.372 e. The fraction of sp³-hybridized carbons (Fsp3) is 0.200. The molecule has 0 bridgehead atoms. The lowest BCUT2D eigenvalue weighted by molar-refractivity contribution is -0.385. The Morgan fingerprint density at radius 1 is 0.880 bits per heavy atom. The zero-order chi connectivity index (χ0) is 19.0. The van der Waals surface area contributed by atoms with Gasteiger partial charge >= 0.3 is 12.4 Å². The molecule has 0 fully saturated rings. The van der Waals surface area contributed by atoms with Gasteiger partial charge in [-0.25, -0.2) is 0 Å². The summed E-state index contributed by atoms with van der Waals surface area (Å²) >= 11 is 0. The third kappa shape index (κ3) is 3.29. The van der Waals surface area contributed by atoms with E-state index in [2.05, 4.69) is 0 Å². The second-order valence-electron chi connectivity index (χ2n) is 5.06. The molecular formula is C15H9F6NO3.